The number of hydrogen-bond acceptors (Lipinski definition) is 8. The summed E-state index contributed by atoms with van der Waals surface area (Å²) in [5, 5.41) is 0. The summed E-state index contributed by atoms with van der Waals surface area (Å²) in [5.41, 5.74) is 5.54. The summed E-state index contributed by atoms with van der Waals surface area (Å²) < 4.78 is 18.8. The van der Waals surface area contributed by atoms with E-state index >= 15 is 0 Å². The first-order chi connectivity index (χ1) is 14.4. The molecular weight excluding hydrogens is 390 g/mol. The van der Waals surface area contributed by atoms with Gasteiger partial charge in [0.1, 0.15) is 12.4 Å². The molecule has 0 spiro atoms. The minimum Gasteiger partial charge on any atom is -0.493 e. The molecule has 0 radical (unpaired) electrons. The molecule has 1 saturated heterocycles. The minimum absolute atomic E-state index is 0.00408. The molecule has 0 bridgehead atoms. The fourth-order valence-corrected chi connectivity index (χ4v) is 3.10. The van der Waals surface area contributed by atoms with Crippen LogP contribution < -0.4 is 26.5 Å². The van der Waals surface area contributed by atoms with Crippen molar-refractivity contribution < 1.29 is 14.2 Å². The molecule has 3 rings (SSSR count). The molecule has 2 N–H and O–H groups in total. The van der Waals surface area contributed by atoms with E-state index in [9.17, 15) is 9.59 Å². The van der Waals surface area contributed by atoms with E-state index in [1.165, 1.54) is 24.9 Å². The van der Waals surface area contributed by atoms with Crippen molar-refractivity contribution >= 4 is 17.7 Å². The number of methoxy groups -OCH3 is 1. The number of benzene rings is 1. The number of nitrogens with zero attached hydrogens (tertiary/aromatic N) is 4. The first-order valence-corrected chi connectivity index (χ1v) is 9.63. The lowest BCUT2D eigenvalue weighted by atomic mass is 10.2. The van der Waals surface area contributed by atoms with Crippen LogP contribution in [-0.4, -0.2) is 66.8 Å². The Morgan fingerprint density at radius 1 is 1.17 bits per heavy atom. The van der Waals surface area contributed by atoms with Crippen molar-refractivity contribution in [3.8, 4) is 11.5 Å². The Hall–Kier alpha value is -3.11. The maximum atomic E-state index is 12.3. The van der Waals surface area contributed by atoms with Crippen LogP contribution in [0.4, 0.5) is 11.5 Å². The zero-order chi connectivity index (χ0) is 21.7. The second kappa shape index (κ2) is 9.59. The van der Waals surface area contributed by atoms with Crippen molar-refractivity contribution in [3.05, 3.63) is 44.6 Å². The van der Waals surface area contributed by atoms with Gasteiger partial charge in [0, 0.05) is 39.9 Å². The Kier molecular flexibility index (Phi) is 6.91. The third-order valence-corrected chi connectivity index (χ3v) is 4.98. The lowest BCUT2D eigenvalue weighted by Gasteiger charge is -2.26. The molecule has 162 valence electrons. The fraction of sp³-hybridized carbons (Fsp3) is 0.450. The van der Waals surface area contributed by atoms with Crippen molar-refractivity contribution in [2.24, 2.45) is 19.1 Å². The Morgan fingerprint density at radius 3 is 2.60 bits per heavy atom. The van der Waals surface area contributed by atoms with Gasteiger partial charge in [0.05, 0.1) is 20.3 Å². The highest BCUT2D eigenvalue weighted by molar-refractivity contribution is 5.84. The molecule has 0 saturated carbocycles. The van der Waals surface area contributed by atoms with Gasteiger partial charge in [0.25, 0.3) is 5.56 Å². The monoisotopic (exact) mass is 417 g/mol. The molecule has 2 heterocycles. The molecule has 2 aromatic rings. The van der Waals surface area contributed by atoms with E-state index in [1.807, 2.05) is 0 Å². The third kappa shape index (κ3) is 4.71. The molecule has 1 aromatic heterocycles. The van der Waals surface area contributed by atoms with Gasteiger partial charge >= 0.3 is 5.69 Å². The van der Waals surface area contributed by atoms with Gasteiger partial charge in [-0.2, -0.15) is 0 Å². The standard InChI is InChI=1S/C20H27N5O5/c1-23-18(21)17(19(26)24(2)20(23)27)22-13-14-4-5-15(16(12-14)28-3)30-11-8-25-6-9-29-10-7-25/h4-5,12-13H,6-11,21H2,1-3H3. The van der Waals surface area contributed by atoms with Gasteiger partial charge in [-0.3, -0.25) is 18.8 Å². The first-order valence-electron chi connectivity index (χ1n) is 9.63. The van der Waals surface area contributed by atoms with Crippen LogP contribution in [0.2, 0.25) is 0 Å². The van der Waals surface area contributed by atoms with Gasteiger partial charge in [-0.15, -0.1) is 0 Å². The summed E-state index contributed by atoms with van der Waals surface area (Å²) in [6.07, 6.45) is 1.50. The second-order valence-electron chi connectivity index (χ2n) is 6.91. The predicted octanol–water partition coefficient (Wildman–Crippen LogP) is 0.136. The summed E-state index contributed by atoms with van der Waals surface area (Å²) in [5.74, 6) is 1.19. The first kappa shape index (κ1) is 21.6. The fourth-order valence-electron chi connectivity index (χ4n) is 3.10. The molecule has 1 aromatic carbocycles. The van der Waals surface area contributed by atoms with E-state index in [0.29, 0.717) is 23.7 Å². The average Bonchev–Trinajstić information content (AvgIpc) is 2.77. The Morgan fingerprint density at radius 2 is 1.90 bits per heavy atom. The molecule has 1 fully saturated rings. The van der Waals surface area contributed by atoms with Gasteiger partial charge in [0.15, 0.2) is 17.2 Å². The lowest BCUT2D eigenvalue weighted by molar-refractivity contribution is 0.0321. The average molecular weight is 417 g/mol. The number of rotatable bonds is 7. The van der Waals surface area contributed by atoms with Crippen LogP contribution in [0.1, 0.15) is 5.56 Å². The van der Waals surface area contributed by atoms with Crippen LogP contribution in [0.25, 0.3) is 0 Å². The zero-order valence-electron chi connectivity index (χ0n) is 17.5. The van der Waals surface area contributed by atoms with Gasteiger partial charge in [0.2, 0.25) is 0 Å². The predicted molar refractivity (Wildman–Crippen MR) is 114 cm³/mol. The Balaban J connectivity index is 1.73. The van der Waals surface area contributed by atoms with E-state index in [1.54, 1.807) is 25.3 Å². The highest BCUT2D eigenvalue weighted by Gasteiger charge is 2.13. The van der Waals surface area contributed by atoms with Gasteiger partial charge in [-0.25, -0.2) is 9.79 Å². The van der Waals surface area contributed by atoms with Crippen molar-refractivity contribution in [2.75, 3.05) is 52.3 Å². The van der Waals surface area contributed by atoms with E-state index in [0.717, 1.165) is 37.4 Å². The van der Waals surface area contributed by atoms with Crippen LogP contribution in [0, 0.1) is 0 Å². The largest absolute Gasteiger partial charge is 0.493 e. The molecule has 0 amide bonds. The molecule has 1 aliphatic rings. The molecule has 1 aliphatic heterocycles. The number of aromatic nitrogens is 2. The van der Waals surface area contributed by atoms with E-state index in [2.05, 4.69) is 9.89 Å². The number of aliphatic imine (C=N–C) groups is 1. The summed E-state index contributed by atoms with van der Waals surface area (Å²) in [4.78, 5) is 30.7. The van der Waals surface area contributed by atoms with Crippen LogP contribution in [0.5, 0.6) is 11.5 Å². The number of morpholine rings is 1. The number of nitrogens with two attached hydrogens (primary N) is 1. The summed E-state index contributed by atoms with van der Waals surface area (Å²) in [6.45, 7) is 4.66. The molecule has 0 aliphatic carbocycles. The molecule has 10 heteroatoms. The molecular formula is C20H27N5O5. The summed E-state index contributed by atoms with van der Waals surface area (Å²) in [7, 11) is 4.43. The highest BCUT2D eigenvalue weighted by atomic mass is 16.5. The Labute approximate surface area is 174 Å². The zero-order valence-corrected chi connectivity index (χ0v) is 17.5. The molecule has 0 unspecified atom stereocenters. The number of hydrogen-bond donors (Lipinski definition) is 1. The summed E-state index contributed by atoms with van der Waals surface area (Å²) in [6, 6.07) is 5.36. The second-order valence-corrected chi connectivity index (χ2v) is 6.91. The number of nitrogen functional groups attached to an aromatic ring is 1. The van der Waals surface area contributed by atoms with Crippen molar-refractivity contribution in [1.29, 1.82) is 0 Å². The minimum atomic E-state index is -0.554. The molecule has 30 heavy (non-hydrogen) atoms. The SMILES string of the molecule is COc1cc(C=Nc2c(N)n(C)c(=O)n(C)c2=O)ccc1OCCN1CCOCC1. The summed E-state index contributed by atoms with van der Waals surface area (Å²) >= 11 is 0. The Bertz CT molecular complexity index is 1040. The van der Waals surface area contributed by atoms with Gasteiger partial charge in [-0.1, -0.05) is 0 Å². The van der Waals surface area contributed by atoms with Crippen LogP contribution in [0.15, 0.2) is 32.8 Å². The highest BCUT2D eigenvalue weighted by Crippen LogP contribution is 2.28. The normalized spacial score (nSPS) is 14.9. The quantitative estimate of drug-likeness (QED) is 0.638. The van der Waals surface area contributed by atoms with Crippen molar-refractivity contribution in [3.63, 3.8) is 0 Å². The number of ether oxygens (including phenoxy) is 3. The maximum absolute atomic E-state index is 12.3. The van der Waals surface area contributed by atoms with E-state index < -0.39 is 11.2 Å². The third-order valence-electron chi connectivity index (χ3n) is 4.98. The van der Waals surface area contributed by atoms with E-state index in [4.69, 9.17) is 19.9 Å². The van der Waals surface area contributed by atoms with Crippen LogP contribution in [0.3, 0.4) is 0 Å². The van der Waals surface area contributed by atoms with Crippen molar-refractivity contribution in [2.45, 2.75) is 0 Å². The van der Waals surface area contributed by atoms with Gasteiger partial charge < -0.3 is 19.9 Å². The van der Waals surface area contributed by atoms with Crippen LogP contribution in [-0.2, 0) is 18.8 Å². The molecule has 0 atom stereocenters. The van der Waals surface area contributed by atoms with Crippen molar-refractivity contribution in [1.82, 2.24) is 14.0 Å². The topological polar surface area (TPSA) is 113 Å². The number of anilines is 1. The van der Waals surface area contributed by atoms with Crippen LogP contribution >= 0.6 is 0 Å². The lowest BCUT2D eigenvalue weighted by Crippen LogP contribution is -2.38. The van der Waals surface area contributed by atoms with E-state index in [-0.39, 0.29) is 11.5 Å². The maximum Gasteiger partial charge on any atom is 0.332 e. The smallest absolute Gasteiger partial charge is 0.332 e. The van der Waals surface area contributed by atoms with Gasteiger partial charge in [-0.05, 0) is 23.8 Å². The molecule has 10 nitrogen and oxygen atoms in total.